The highest BCUT2D eigenvalue weighted by atomic mass is 16.2. The van der Waals surface area contributed by atoms with Crippen LogP contribution in [0.3, 0.4) is 0 Å². The van der Waals surface area contributed by atoms with E-state index in [9.17, 15) is 4.79 Å². The summed E-state index contributed by atoms with van der Waals surface area (Å²) in [6, 6.07) is 0. The van der Waals surface area contributed by atoms with Gasteiger partial charge in [-0.05, 0) is 26.1 Å². The molecule has 1 fully saturated rings. The molecule has 0 unspecified atom stereocenters. The molecule has 0 atom stereocenters. The average molecular weight is 168 g/mol. The summed E-state index contributed by atoms with van der Waals surface area (Å²) in [4.78, 5) is 15.3. The molecule has 68 valence electrons. The van der Waals surface area contributed by atoms with E-state index in [1.165, 1.54) is 6.08 Å². The maximum Gasteiger partial charge on any atom is 0.245 e. The highest BCUT2D eigenvalue weighted by molar-refractivity contribution is 5.86. The van der Waals surface area contributed by atoms with E-state index < -0.39 is 0 Å². The van der Waals surface area contributed by atoms with Crippen LogP contribution in [0, 0.1) is 0 Å². The quantitative estimate of drug-likeness (QED) is 0.527. The van der Waals surface area contributed by atoms with Gasteiger partial charge in [0.1, 0.15) is 0 Å². The molecule has 0 saturated carbocycles. The minimum absolute atomic E-state index is 0.0605. The van der Waals surface area contributed by atoms with Crippen molar-refractivity contribution in [1.82, 2.24) is 9.80 Å². The third-order valence-electron chi connectivity index (χ3n) is 2.21. The average Bonchev–Trinajstić information content (AvgIpc) is 2.29. The van der Waals surface area contributed by atoms with Crippen molar-refractivity contribution in [3.05, 3.63) is 12.7 Å². The van der Waals surface area contributed by atoms with Crippen LogP contribution in [0.2, 0.25) is 0 Å². The summed E-state index contributed by atoms with van der Waals surface area (Å²) < 4.78 is 0. The topological polar surface area (TPSA) is 23.6 Å². The van der Waals surface area contributed by atoms with Crippen LogP contribution in [0.4, 0.5) is 0 Å². The van der Waals surface area contributed by atoms with Crippen molar-refractivity contribution in [3.8, 4) is 0 Å². The molecular formula is C9H16N2O. The van der Waals surface area contributed by atoms with Gasteiger partial charge < -0.3 is 9.80 Å². The zero-order valence-electron chi connectivity index (χ0n) is 7.62. The van der Waals surface area contributed by atoms with Crippen LogP contribution in [0.1, 0.15) is 6.42 Å². The molecule has 0 aromatic heterocycles. The Hall–Kier alpha value is -0.830. The van der Waals surface area contributed by atoms with Gasteiger partial charge >= 0.3 is 0 Å². The Morgan fingerprint density at radius 1 is 1.33 bits per heavy atom. The van der Waals surface area contributed by atoms with Gasteiger partial charge in [0.25, 0.3) is 0 Å². The fraction of sp³-hybridized carbons (Fsp3) is 0.667. The molecule has 1 heterocycles. The summed E-state index contributed by atoms with van der Waals surface area (Å²) in [5.41, 5.74) is 0. The van der Waals surface area contributed by atoms with Crippen LogP contribution >= 0.6 is 0 Å². The van der Waals surface area contributed by atoms with E-state index in [1.54, 1.807) is 0 Å². The van der Waals surface area contributed by atoms with Gasteiger partial charge in [0.2, 0.25) is 5.91 Å². The molecule has 1 aliphatic heterocycles. The molecular weight excluding hydrogens is 152 g/mol. The first-order valence-electron chi connectivity index (χ1n) is 4.34. The third kappa shape index (κ3) is 2.34. The lowest BCUT2D eigenvalue weighted by Crippen LogP contribution is -2.33. The monoisotopic (exact) mass is 168 g/mol. The van der Waals surface area contributed by atoms with E-state index >= 15 is 0 Å². The Morgan fingerprint density at radius 2 is 2.08 bits per heavy atom. The molecule has 0 N–H and O–H groups in total. The molecule has 3 heteroatoms. The highest BCUT2D eigenvalue weighted by Crippen LogP contribution is 2.01. The Balaban J connectivity index is 2.45. The highest BCUT2D eigenvalue weighted by Gasteiger charge is 2.14. The number of amides is 1. The smallest absolute Gasteiger partial charge is 0.245 e. The van der Waals surface area contributed by atoms with E-state index in [0.717, 1.165) is 32.6 Å². The number of carbonyl (C=O) groups excluding carboxylic acids is 1. The normalized spacial score (nSPS) is 20.2. The van der Waals surface area contributed by atoms with Crippen LogP contribution in [-0.2, 0) is 4.79 Å². The molecule has 0 aliphatic carbocycles. The van der Waals surface area contributed by atoms with E-state index in [-0.39, 0.29) is 5.91 Å². The number of likely N-dealkylation sites (N-methyl/N-ethyl adjacent to an activating group) is 1. The van der Waals surface area contributed by atoms with Gasteiger partial charge in [-0.15, -0.1) is 0 Å². The van der Waals surface area contributed by atoms with Gasteiger partial charge in [0.05, 0.1) is 0 Å². The first kappa shape index (κ1) is 9.26. The maximum absolute atomic E-state index is 11.2. The molecule has 0 spiro atoms. The summed E-state index contributed by atoms with van der Waals surface area (Å²) in [5, 5.41) is 0. The second-order valence-corrected chi connectivity index (χ2v) is 3.19. The summed E-state index contributed by atoms with van der Waals surface area (Å²) >= 11 is 0. The molecule has 1 rings (SSSR count). The Kier molecular flexibility index (Phi) is 3.29. The van der Waals surface area contributed by atoms with Gasteiger partial charge in [-0.1, -0.05) is 6.58 Å². The fourth-order valence-corrected chi connectivity index (χ4v) is 1.40. The molecule has 0 aromatic carbocycles. The minimum atomic E-state index is 0.0605. The van der Waals surface area contributed by atoms with Crippen LogP contribution in [0.25, 0.3) is 0 Å². The van der Waals surface area contributed by atoms with Crippen LogP contribution in [-0.4, -0.2) is 48.9 Å². The van der Waals surface area contributed by atoms with E-state index in [2.05, 4.69) is 18.5 Å². The second kappa shape index (κ2) is 4.26. The summed E-state index contributed by atoms with van der Waals surface area (Å²) in [7, 11) is 2.09. The molecule has 0 aromatic rings. The van der Waals surface area contributed by atoms with Gasteiger partial charge in [-0.3, -0.25) is 4.79 Å². The summed E-state index contributed by atoms with van der Waals surface area (Å²) in [6.45, 7) is 7.24. The van der Waals surface area contributed by atoms with Gasteiger partial charge in [0, 0.05) is 19.6 Å². The molecule has 12 heavy (non-hydrogen) atoms. The lowest BCUT2D eigenvalue weighted by molar-refractivity contribution is -0.125. The number of hydrogen-bond donors (Lipinski definition) is 0. The first-order valence-corrected chi connectivity index (χ1v) is 4.34. The van der Waals surface area contributed by atoms with Crippen molar-refractivity contribution in [2.45, 2.75) is 6.42 Å². The largest absolute Gasteiger partial charge is 0.338 e. The van der Waals surface area contributed by atoms with Gasteiger partial charge in [-0.2, -0.15) is 0 Å². The molecule has 3 nitrogen and oxygen atoms in total. The Labute approximate surface area is 73.6 Å². The van der Waals surface area contributed by atoms with Crippen LogP contribution in [0.15, 0.2) is 12.7 Å². The Morgan fingerprint density at radius 3 is 2.75 bits per heavy atom. The van der Waals surface area contributed by atoms with Crippen LogP contribution < -0.4 is 0 Å². The summed E-state index contributed by atoms with van der Waals surface area (Å²) in [6.07, 6.45) is 2.46. The molecule has 0 bridgehead atoms. The van der Waals surface area contributed by atoms with Crippen molar-refractivity contribution in [2.75, 3.05) is 33.2 Å². The number of hydrogen-bond acceptors (Lipinski definition) is 2. The van der Waals surface area contributed by atoms with Crippen molar-refractivity contribution in [2.24, 2.45) is 0 Å². The number of rotatable bonds is 1. The minimum Gasteiger partial charge on any atom is -0.338 e. The van der Waals surface area contributed by atoms with E-state index in [1.807, 2.05) is 4.90 Å². The lowest BCUT2D eigenvalue weighted by atomic mass is 10.4. The second-order valence-electron chi connectivity index (χ2n) is 3.19. The number of nitrogens with zero attached hydrogens (tertiary/aromatic N) is 2. The predicted molar refractivity (Wildman–Crippen MR) is 48.9 cm³/mol. The Bertz CT molecular complexity index is 179. The standard InChI is InChI=1S/C9H16N2O/c1-3-9(12)11-6-4-5-10(2)7-8-11/h3H,1,4-8H2,2H3. The molecule has 1 aliphatic rings. The van der Waals surface area contributed by atoms with E-state index in [0.29, 0.717) is 0 Å². The maximum atomic E-state index is 11.2. The first-order chi connectivity index (χ1) is 5.74. The zero-order valence-corrected chi connectivity index (χ0v) is 7.62. The lowest BCUT2D eigenvalue weighted by Gasteiger charge is -2.18. The van der Waals surface area contributed by atoms with Gasteiger partial charge in [0.15, 0.2) is 0 Å². The molecule has 1 amide bonds. The van der Waals surface area contributed by atoms with Crippen molar-refractivity contribution in [3.63, 3.8) is 0 Å². The zero-order chi connectivity index (χ0) is 8.97. The van der Waals surface area contributed by atoms with Crippen LogP contribution in [0.5, 0.6) is 0 Å². The summed E-state index contributed by atoms with van der Waals surface area (Å²) in [5.74, 6) is 0.0605. The number of carbonyl (C=O) groups is 1. The van der Waals surface area contributed by atoms with Gasteiger partial charge in [-0.25, -0.2) is 0 Å². The SMILES string of the molecule is C=CC(=O)N1CCCN(C)CC1. The van der Waals surface area contributed by atoms with Crippen molar-refractivity contribution in [1.29, 1.82) is 0 Å². The third-order valence-corrected chi connectivity index (χ3v) is 2.21. The fourth-order valence-electron chi connectivity index (χ4n) is 1.40. The van der Waals surface area contributed by atoms with Crippen molar-refractivity contribution >= 4 is 5.91 Å². The molecule has 0 radical (unpaired) electrons. The van der Waals surface area contributed by atoms with Crippen molar-refractivity contribution < 1.29 is 4.79 Å². The van der Waals surface area contributed by atoms with E-state index in [4.69, 9.17) is 0 Å². The molecule has 1 saturated heterocycles. The predicted octanol–water partition coefficient (Wildman–Crippen LogP) is 0.337.